The van der Waals surface area contributed by atoms with E-state index < -0.39 is 28.1 Å². The Morgan fingerprint density at radius 3 is 2.26 bits per heavy atom. The lowest BCUT2D eigenvalue weighted by Gasteiger charge is -2.40. The lowest BCUT2D eigenvalue weighted by atomic mass is 9.89. The Morgan fingerprint density at radius 1 is 0.941 bits per heavy atom. The quantitative estimate of drug-likeness (QED) is 0.387. The number of carbonyl (C=O) groups is 1. The van der Waals surface area contributed by atoms with Crippen molar-refractivity contribution in [3.05, 3.63) is 110 Å². The molecule has 0 saturated carbocycles. The topological polar surface area (TPSA) is 74.7 Å². The number of hydrogen-bond acceptors (Lipinski definition) is 3. The van der Waals surface area contributed by atoms with Crippen LogP contribution in [-0.4, -0.2) is 23.8 Å². The SMILES string of the molecule is Cc1ccc(S(=O)(=O)N2[C@@H](c3cccc(Cl)c3)C(C(=O)O)=CC[C@H]2c2ccc(Cl)c(Cl)c2)cc1. The molecule has 0 aromatic heterocycles. The lowest BCUT2D eigenvalue weighted by molar-refractivity contribution is -0.133. The minimum atomic E-state index is -4.17. The Labute approximate surface area is 213 Å². The average molecular weight is 537 g/mol. The van der Waals surface area contributed by atoms with Crippen molar-refractivity contribution in [3.8, 4) is 0 Å². The third-order valence-electron chi connectivity index (χ3n) is 5.75. The van der Waals surface area contributed by atoms with Gasteiger partial charge in [-0.25, -0.2) is 13.2 Å². The first-order valence-electron chi connectivity index (χ1n) is 10.3. The molecule has 0 unspecified atom stereocenters. The molecule has 5 nitrogen and oxygen atoms in total. The van der Waals surface area contributed by atoms with Gasteiger partial charge in [-0.05, 0) is 60.9 Å². The van der Waals surface area contributed by atoms with Crippen LogP contribution in [0.3, 0.4) is 0 Å². The van der Waals surface area contributed by atoms with Crippen LogP contribution in [0, 0.1) is 6.92 Å². The molecule has 1 aliphatic heterocycles. The highest BCUT2D eigenvalue weighted by atomic mass is 35.5. The summed E-state index contributed by atoms with van der Waals surface area (Å²) in [6, 6.07) is 16.1. The highest BCUT2D eigenvalue weighted by Crippen LogP contribution is 2.46. The van der Waals surface area contributed by atoms with Crippen molar-refractivity contribution < 1.29 is 18.3 Å². The van der Waals surface area contributed by atoms with Crippen molar-refractivity contribution in [2.24, 2.45) is 0 Å². The summed E-state index contributed by atoms with van der Waals surface area (Å²) in [5.41, 5.74) is 1.89. The van der Waals surface area contributed by atoms with Gasteiger partial charge in [0.05, 0.1) is 32.6 Å². The van der Waals surface area contributed by atoms with Crippen molar-refractivity contribution in [3.63, 3.8) is 0 Å². The molecule has 0 saturated heterocycles. The number of benzene rings is 3. The number of halogens is 3. The number of aryl methyl sites for hydroxylation is 1. The van der Waals surface area contributed by atoms with Crippen LogP contribution < -0.4 is 0 Å². The molecule has 1 aliphatic rings. The van der Waals surface area contributed by atoms with Crippen LogP contribution in [0.5, 0.6) is 0 Å². The van der Waals surface area contributed by atoms with E-state index in [0.717, 1.165) is 5.56 Å². The third-order valence-corrected chi connectivity index (χ3v) is 8.62. The second-order valence-electron chi connectivity index (χ2n) is 8.00. The zero-order chi connectivity index (χ0) is 24.6. The first-order chi connectivity index (χ1) is 16.1. The van der Waals surface area contributed by atoms with Gasteiger partial charge in [0.1, 0.15) is 0 Å². The molecule has 4 rings (SSSR count). The molecule has 0 aliphatic carbocycles. The standard InChI is InChI=1S/C25H20Cl3NO4S/c1-15-5-8-19(9-6-15)34(32,33)29-23(16-7-11-21(27)22(28)14-16)12-10-20(25(30)31)24(29)17-3-2-4-18(26)13-17/h2-11,13-14,23-24H,12H2,1H3,(H,30,31)/t23-,24-/m0/s1. The lowest BCUT2D eigenvalue weighted by Crippen LogP contribution is -2.42. The Balaban J connectivity index is 1.99. The number of nitrogens with zero attached hydrogens (tertiary/aromatic N) is 1. The third kappa shape index (κ3) is 4.74. The zero-order valence-electron chi connectivity index (χ0n) is 18.0. The maximum Gasteiger partial charge on any atom is 0.333 e. The van der Waals surface area contributed by atoms with Gasteiger partial charge in [0.2, 0.25) is 10.0 Å². The van der Waals surface area contributed by atoms with Crippen molar-refractivity contribution >= 4 is 50.8 Å². The summed E-state index contributed by atoms with van der Waals surface area (Å²) in [4.78, 5) is 12.3. The summed E-state index contributed by atoms with van der Waals surface area (Å²) < 4.78 is 29.4. The fourth-order valence-electron chi connectivity index (χ4n) is 4.12. The summed E-state index contributed by atoms with van der Waals surface area (Å²) in [5.74, 6) is -1.21. The summed E-state index contributed by atoms with van der Waals surface area (Å²) in [6.07, 6.45) is 1.70. The van der Waals surface area contributed by atoms with E-state index in [-0.39, 0.29) is 21.9 Å². The molecule has 0 spiro atoms. The molecule has 0 amide bonds. The number of carboxylic acid groups (broad SMARTS) is 1. The molecule has 0 radical (unpaired) electrons. The summed E-state index contributed by atoms with van der Waals surface area (Å²) in [7, 11) is -4.17. The minimum absolute atomic E-state index is 0.0470. The van der Waals surface area contributed by atoms with Crippen LogP contribution in [0.25, 0.3) is 0 Å². The van der Waals surface area contributed by atoms with Crippen molar-refractivity contribution in [2.45, 2.75) is 30.3 Å². The second kappa shape index (κ2) is 9.72. The zero-order valence-corrected chi connectivity index (χ0v) is 21.0. The van der Waals surface area contributed by atoms with Crippen LogP contribution in [0.2, 0.25) is 15.1 Å². The monoisotopic (exact) mass is 535 g/mol. The van der Waals surface area contributed by atoms with Gasteiger partial charge in [-0.1, -0.05) is 76.8 Å². The van der Waals surface area contributed by atoms with E-state index in [0.29, 0.717) is 21.2 Å². The molecule has 176 valence electrons. The maximum atomic E-state index is 14.1. The van der Waals surface area contributed by atoms with Gasteiger partial charge < -0.3 is 5.11 Å². The summed E-state index contributed by atoms with van der Waals surface area (Å²) >= 11 is 18.6. The molecular formula is C25H20Cl3NO4S. The second-order valence-corrected chi connectivity index (χ2v) is 11.1. The van der Waals surface area contributed by atoms with E-state index in [2.05, 4.69) is 0 Å². The molecule has 1 heterocycles. The van der Waals surface area contributed by atoms with Gasteiger partial charge in [-0.2, -0.15) is 4.31 Å². The molecule has 2 atom stereocenters. The van der Waals surface area contributed by atoms with E-state index in [1.807, 2.05) is 6.92 Å². The summed E-state index contributed by atoms with van der Waals surface area (Å²) in [6.45, 7) is 1.86. The fourth-order valence-corrected chi connectivity index (χ4v) is 6.40. The number of carboxylic acids is 1. The van der Waals surface area contributed by atoms with Crippen LogP contribution in [0.1, 0.15) is 35.2 Å². The largest absolute Gasteiger partial charge is 0.478 e. The van der Waals surface area contributed by atoms with E-state index in [9.17, 15) is 18.3 Å². The van der Waals surface area contributed by atoms with Gasteiger partial charge in [-0.15, -0.1) is 0 Å². The smallest absolute Gasteiger partial charge is 0.333 e. The first kappa shape index (κ1) is 24.8. The predicted octanol–water partition coefficient (Wildman–Crippen LogP) is 6.84. The fraction of sp³-hybridized carbons (Fsp3) is 0.160. The molecule has 3 aromatic carbocycles. The van der Waals surface area contributed by atoms with Crippen molar-refractivity contribution in [1.29, 1.82) is 0 Å². The Morgan fingerprint density at radius 2 is 1.65 bits per heavy atom. The predicted molar refractivity (Wildman–Crippen MR) is 134 cm³/mol. The van der Waals surface area contributed by atoms with Gasteiger partial charge in [-0.3, -0.25) is 0 Å². The molecule has 3 aromatic rings. The molecule has 0 fully saturated rings. The Kier molecular flexibility index (Phi) is 7.08. The number of hydrogen-bond donors (Lipinski definition) is 1. The highest BCUT2D eigenvalue weighted by Gasteiger charge is 2.44. The van der Waals surface area contributed by atoms with Gasteiger partial charge in [0.25, 0.3) is 0 Å². The minimum Gasteiger partial charge on any atom is -0.478 e. The summed E-state index contributed by atoms with van der Waals surface area (Å²) in [5, 5.41) is 11.0. The van der Waals surface area contributed by atoms with Crippen molar-refractivity contribution in [2.75, 3.05) is 0 Å². The molecule has 34 heavy (non-hydrogen) atoms. The molecular weight excluding hydrogens is 517 g/mol. The molecule has 1 N–H and O–H groups in total. The highest BCUT2D eigenvalue weighted by molar-refractivity contribution is 7.89. The van der Waals surface area contributed by atoms with Crippen molar-refractivity contribution in [1.82, 2.24) is 4.31 Å². The van der Waals surface area contributed by atoms with E-state index in [1.54, 1.807) is 60.7 Å². The van der Waals surface area contributed by atoms with Gasteiger partial charge in [0.15, 0.2) is 0 Å². The molecule has 0 bridgehead atoms. The number of rotatable bonds is 5. The van der Waals surface area contributed by atoms with E-state index in [4.69, 9.17) is 34.8 Å². The van der Waals surface area contributed by atoms with E-state index >= 15 is 0 Å². The first-order valence-corrected chi connectivity index (χ1v) is 12.9. The van der Waals surface area contributed by atoms with Crippen LogP contribution in [0.4, 0.5) is 0 Å². The van der Waals surface area contributed by atoms with Crippen LogP contribution >= 0.6 is 34.8 Å². The Bertz CT molecular complexity index is 1390. The van der Waals surface area contributed by atoms with Gasteiger partial charge in [0, 0.05) is 5.02 Å². The number of sulfonamides is 1. The van der Waals surface area contributed by atoms with Crippen LogP contribution in [-0.2, 0) is 14.8 Å². The van der Waals surface area contributed by atoms with E-state index in [1.165, 1.54) is 16.4 Å². The molecule has 9 heteroatoms. The number of aliphatic carboxylic acids is 1. The maximum absolute atomic E-state index is 14.1. The average Bonchev–Trinajstić information content (AvgIpc) is 2.80. The normalized spacial score (nSPS) is 19.0. The van der Waals surface area contributed by atoms with Crippen LogP contribution in [0.15, 0.2) is 83.3 Å². The Hall–Kier alpha value is -2.35. The van der Waals surface area contributed by atoms with Gasteiger partial charge >= 0.3 is 5.97 Å².